The molecular weight excluding hydrogens is 294 g/mol. The van der Waals surface area contributed by atoms with Crippen molar-refractivity contribution in [3.8, 4) is 0 Å². The molecule has 0 aliphatic carbocycles. The zero-order valence-electron chi connectivity index (χ0n) is 14.2. The second-order valence-electron chi connectivity index (χ2n) is 6.39. The van der Waals surface area contributed by atoms with Crippen molar-refractivity contribution in [1.82, 2.24) is 4.90 Å². The summed E-state index contributed by atoms with van der Waals surface area (Å²) >= 11 is 0. The molecule has 0 spiro atoms. The predicted octanol–water partition coefficient (Wildman–Crippen LogP) is 3.23. The summed E-state index contributed by atoms with van der Waals surface area (Å²) < 4.78 is 10.8. The van der Waals surface area contributed by atoms with E-state index >= 15 is 0 Å². The lowest BCUT2D eigenvalue weighted by Gasteiger charge is -2.27. The van der Waals surface area contributed by atoms with Crippen LogP contribution in [0.3, 0.4) is 0 Å². The quantitative estimate of drug-likeness (QED) is 0.808. The highest BCUT2D eigenvalue weighted by molar-refractivity contribution is 5.94. The largest absolute Gasteiger partial charge is 0.447 e. The van der Waals surface area contributed by atoms with E-state index in [9.17, 15) is 9.59 Å². The number of benzene rings is 1. The molecule has 1 fully saturated rings. The summed E-state index contributed by atoms with van der Waals surface area (Å²) in [5.74, 6) is -0.476. The smallest absolute Gasteiger partial charge is 0.416 e. The van der Waals surface area contributed by atoms with Gasteiger partial charge in [0.1, 0.15) is 6.61 Å². The van der Waals surface area contributed by atoms with E-state index in [1.54, 1.807) is 6.92 Å². The zero-order chi connectivity index (χ0) is 17.0. The van der Waals surface area contributed by atoms with E-state index in [0.29, 0.717) is 6.61 Å². The first-order valence-electron chi connectivity index (χ1n) is 8.07. The molecule has 1 aromatic rings. The van der Waals surface area contributed by atoms with Gasteiger partial charge in [-0.05, 0) is 18.4 Å². The average molecular weight is 319 g/mol. The fourth-order valence-electron chi connectivity index (χ4n) is 2.55. The first-order valence-corrected chi connectivity index (χ1v) is 8.07. The van der Waals surface area contributed by atoms with Gasteiger partial charge in [0, 0.05) is 0 Å². The number of ether oxygens (including phenoxy) is 2. The monoisotopic (exact) mass is 319 g/mol. The van der Waals surface area contributed by atoms with Gasteiger partial charge in [0.15, 0.2) is 0 Å². The number of cyclic esters (lactones) is 1. The molecule has 0 saturated carbocycles. The fourth-order valence-corrected chi connectivity index (χ4v) is 2.55. The van der Waals surface area contributed by atoms with Gasteiger partial charge in [-0.25, -0.2) is 9.69 Å². The molecule has 1 aromatic carbocycles. The highest BCUT2D eigenvalue weighted by atomic mass is 16.6. The maximum atomic E-state index is 12.7. The Balaban J connectivity index is 1.96. The summed E-state index contributed by atoms with van der Waals surface area (Å²) in [4.78, 5) is 25.8. The van der Waals surface area contributed by atoms with Gasteiger partial charge in [-0.1, -0.05) is 51.1 Å². The van der Waals surface area contributed by atoms with Gasteiger partial charge < -0.3 is 9.47 Å². The Kier molecular flexibility index (Phi) is 5.77. The van der Waals surface area contributed by atoms with Crippen LogP contribution in [-0.4, -0.2) is 35.7 Å². The molecule has 2 amide bonds. The van der Waals surface area contributed by atoms with Crippen LogP contribution < -0.4 is 0 Å². The third-order valence-corrected chi connectivity index (χ3v) is 4.36. The first kappa shape index (κ1) is 17.5. The lowest BCUT2D eigenvalue weighted by Crippen LogP contribution is -2.46. The summed E-state index contributed by atoms with van der Waals surface area (Å²) in [5, 5.41) is 0. The molecular formula is C18H25NO4. The molecule has 23 heavy (non-hydrogen) atoms. The van der Waals surface area contributed by atoms with Crippen LogP contribution in [0.25, 0.3) is 0 Å². The minimum atomic E-state index is -0.546. The highest BCUT2D eigenvalue weighted by Gasteiger charge is 2.42. The molecule has 1 aliphatic rings. The van der Waals surface area contributed by atoms with E-state index in [1.165, 1.54) is 4.90 Å². The minimum absolute atomic E-state index is 0.165. The third kappa shape index (κ3) is 4.10. The molecule has 0 N–H and O–H groups in total. The lowest BCUT2D eigenvalue weighted by molar-refractivity contribution is -0.138. The van der Waals surface area contributed by atoms with E-state index in [4.69, 9.17) is 9.47 Å². The van der Waals surface area contributed by atoms with Gasteiger partial charge in [0.2, 0.25) is 5.91 Å². The number of hydrogen-bond donors (Lipinski definition) is 0. The van der Waals surface area contributed by atoms with E-state index in [2.05, 4.69) is 0 Å². The van der Waals surface area contributed by atoms with Crippen molar-refractivity contribution >= 4 is 12.0 Å². The van der Waals surface area contributed by atoms with Crippen molar-refractivity contribution in [3.05, 3.63) is 35.9 Å². The number of imide groups is 1. The Hall–Kier alpha value is -1.88. The normalized spacial score (nSPS) is 20.5. The van der Waals surface area contributed by atoms with Gasteiger partial charge in [-0.2, -0.15) is 0 Å². The van der Waals surface area contributed by atoms with E-state index in [-0.39, 0.29) is 30.6 Å². The summed E-state index contributed by atoms with van der Waals surface area (Å²) in [6.07, 6.45) is -0.834. The van der Waals surface area contributed by atoms with E-state index < -0.39 is 12.0 Å². The zero-order valence-corrected chi connectivity index (χ0v) is 14.2. The van der Waals surface area contributed by atoms with Crippen molar-refractivity contribution in [1.29, 1.82) is 0 Å². The molecule has 0 unspecified atom stereocenters. The summed E-state index contributed by atoms with van der Waals surface area (Å²) in [6, 6.07) is 9.61. The number of amides is 2. The van der Waals surface area contributed by atoms with Crippen molar-refractivity contribution < 1.29 is 19.1 Å². The van der Waals surface area contributed by atoms with E-state index in [1.807, 2.05) is 51.1 Å². The number of nitrogens with zero attached hydrogens (tertiary/aromatic N) is 1. The van der Waals surface area contributed by atoms with Gasteiger partial charge in [-0.3, -0.25) is 4.79 Å². The Morgan fingerprint density at radius 2 is 1.91 bits per heavy atom. The van der Waals surface area contributed by atoms with Crippen molar-refractivity contribution in [3.63, 3.8) is 0 Å². The molecule has 2 rings (SSSR count). The Bertz CT molecular complexity index is 543. The van der Waals surface area contributed by atoms with Crippen molar-refractivity contribution in [2.24, 2.45) is 11.8 Å². The molecule has 1 aliphatic heterocycles. The van der Waals surface area contributed by atoms with Crippen LogP contribution in [0.1, 0.15) is 33.3 Å². The number of rotatable bonds is 6. The summed E-state index contributed by atoms with van der Waals surface area (Å²) in [7, 11) is 0. The number of carbonyl (C=O) groups is 2. The second-order valence-corrected chi connectivity index (χ2v) is 6.39. The Morgan fingerprint density at radius 3 is 2.52 bits per heavy atom. The maximum absolute atomic E-state index is 12.7. The van der Waals surface area contributed by atoms with Crippen LogP contribution in [0.2, 0.25) is 0 Å². The number of hydrogen-bond acceptors (Lipinski definition) is 4. The van der Waals surface area contributed by atoms with Crippen LogP contribution in [0.4, 0.5) is 4.79 Å². The van der Waals surface area contributed by atoms with Crippen molar-refractivity contribution in [2.45, 2.75) is 46.4 Å². The van der Waals surface area contributed by atoms with Crippen LogP contribution in [0, 0.1) is 11.8 Å². The summed E-state index contributed by atoms with van der Waals surface area (Å²) in [6.45, 7) is 8.32. The fraction of sp³-hybridized carbons (Fsp3) is 0.556. The molecule has 0 radical (unpaired) electrons. The Labute approximate surface area is 137 Å². The molecule has 5 heteroatoms. The predicted molar refractivity (Wildman–Crippen MR) is 86.7 cm³/mol. The molecule has 3 atom stereocenters. The SMILES string of the molecule is CC(C)[C@H]1COC(=O)N1C(=O)[C@@H](C)[C@@H](C)OCc1ccccc1. The number of carbonyl (C=O) groups excluding carboxylic acids is 2. The van der Waals surface area contributed by atoms with Crippen LogP contribution in [0.5, 0.6) is 0 Å². The van der Waals surface area contributed by atoms with Gasteiger partial charge >= 0.3 is 6.09 Å². The Morgan fingerprint density at radius 1 is 1.26 bits per heavy atom. The van der Waals surface area contributed by atoms with E-state index in [0.717, 1.165) is 5.56 Å². The van der Waals surface area contributed by atoms with Crippen molar-refractivity contribution in [2.75, 3.05) is 6.61 Å². The summed E-state index contributed by atoms with van der Waals surface area (Å²) in [5.41, 5.74) is 1.06. The lowest BCUT2D eigenvalue weighted by atomic mass is 10.00. The van der Waals surface area contributed by atoms with Crippen LogP contribution in [-0.2, 0) is 20.9 Å². The highest BCUT2D eigenvalue weighted by Crippen LogP contribution is 2.23. The topological polar surface area (TPSA) is 55.8 Å². The average Bonchev–Trinajstić information content (AvgIpc) is 2.94. The minimum Gasteiger partial charge on any atom is -0.447 e. The van der Waals surface area contributed by atoms with Gasteiger partial charge in [-0.15, -0.1) is 0 Å². The first-order chi connectivity index (χ1) is 10.9. The second kappa shape index (κ2) is 7.59. The molecule has 0 aromatic heterocycles. The van der Waals surface area contributed by atoms with Gasteiger partial charge in [0.25, 0.3) is 0 Å². The maximum Gasteiger partial charge on any atom is 0.416 e. The van der Waals surface area contributed by atoms with Crippen LogP contribution >= 0.6 is 0 Å². The van der Waals surface area contributed by atoms with Crippen LogP contribution in [0.15, 0.2) is 30.3 Å². The molecule has 1 saturated heterocycles. The molecule has 0 bridgehead atoms. The van der Waals surface area contributed by atoms with Gasteiger partial charge in [0.05, 0.1) is 24.7 Å². The molecule has 5 nitrogen and oxygen atoms in total. The molecule has 126 valence electrons. The third-order valence-electron chi connectivity index (χ3n) is 4.36. The standard InChI is InChI=1S/C18H25NO4/c1-12(2)16-11-23-18(21)19(16)17(20)13(3)14(4)22-10-15-8-6-5-7-9-15/h5-9,12-14,16H,10-11H2,1-4H3/t13-,14+,16+/m0/s1. The molecule has 1 heterocycles.